The van der Waals surface area contributed by atoms with Gasteiger partial charge in [-0.2, -0.15) is 0 Å². The highest BCUT2D eigenvalue weighted by Crippen LogP contribution is 2.72. The van der Waals surface area contributed by atoms with Gasteiger partial charge in [-0.1, -0.05) is 42.8 Å². The lowest BCUT2D eigenvalue weighted by atomic mass is 9.44. The van der Waals surface area contributed by atoms with Gasteiger partial charge in [0, 0.05) is 29.1 Å². The highest BCUT2D eigenvalue weighted by atomic mass is 79.9. The fourth-order valence-corrected chi connectivity index (χ4v) is 8.74. The van der Waals surface area contributed by atoms with Gasteiger partial charge in [-0.25, -0.2) is 8.78 Å². The number of esters is 1. The van der Waals surface area contributed by atoms with Gasteiger partial charge in [0.25, 0.3) is 0 Å². The molecule has 3 fully saturated rings. The van der Waals surface area contributed by atoms with Crippen molar-refractivity contribution >= 4 is 33.5 Å². The number of aliphatic hydroxyl groups is 2. The first-order valence-electron chi connectivity index (χ1n) is 11.7. The number of hydrogen-bond acceptors (Lipinski definition) is 6. The molecule has 10 atom stereocenters. The van der Waals surface area contributed by atoms with Crippen LogP contribution >= 0.6 is 15.9 Å². The second-order valence-electron chi connectivity index (χ2n) is 10.7. The first-order chi connectivity index (χ1) is 15.8. The van der Waals surface area contributed by atoms with Crippen LogP contribution in [0.5, 0.6) is 0 Å². The summed E-state index contributed by atoms with van der Waals surface area (Å²) < 4.78 is 39.0. The fraction of sp³-hybridized carbons (Fsp3) is 0.720. The summed E-state index contributed by atoms with van der Waals surface area (Å²) in [4.78, 5) is 36.6. The molecule has 34 heavy (non-hydrogen) atoms. The Morgan fingerprint density at radius 1 is 1.32 bits per heavy atom. The van der Waals surface area contributed by atoms with Gasteiger partial charge in [0.2, 0.25) is 5.78 Å². The molecule has 3 saturated carbocycles. The number of rotatable bonds is 4. The van der Waals surface area contributed by atoms with E-state index in [1.807, 2.05) is 0 Å². The van der Waals surface area contributed by atoms with Crippen molar-refractivity contribution in [2.45, 2.75) is 75.3 Å². The van der Waals surface area contributed by atoms with Gasteiger partial charge in [0.1, 0.15) is 12.8 Å². The Balaban J connectivity index is 1.92. The average Bonchev–Trinajstić information content (AvgIpc) is 3.00. The molecule has 4 aliphatic rings. The number of Topliss-reactive ketones (excluding diaryl/α,β-unsaturated/α-hetero) is 1. The summed E-state index contributed by atoms with van der Waals surface area (Å²) in [6, 6.07) is 0. The normalized spacial score (nSPS) is 49.6. The molecule has 0 aliphatic heterocycles. The third-order valence-electron chi connectivity index (χ3n) is 9.30. The van der Waals surface area contributed by atoms with Gasteiger partial charge >= 0.3 is 5.97 Å². The van der Waals surface area contributed by atoms with Crippen LogP contribution < -0.4 is 0 Å². The first kappa shape index (κ1) is 25.6. The molecule has 6 nitrogen and oxygen atoms in total. The lowest BCUT2D eigenvalue weighted by molar-refractivity contribution is -0.229. The second-order valence-corrected chi connectivity index (χ2v) is 11.8. The van der Waals surface area contributed by atoms with Gasteiger partial charge in [0.05, 0.1) is 10.9 Å². The minimum absolute atomic E-state index is 0.00830. The molecule has 4 aliphatic carbocycles. The maximum Gasteiger partial charge on any atom is 0.306 e. The van der Waals surface area contributed by atoms with Gasteiger partial charge in [-0.15, -0.1) is 0 Å². The van der Waals surface area contributed by atoms with E-state index in [9.17, 15) is 24.6 Å². The number of carbonyl (C=O) groups is 3. The number of ketones is 2. The third kappa shape index (κ3) is 2.86. The molecule has 188 valence electrons. The van der Waals surface area contributed by atoms with E-state index in [0.29, 0.717) is 0 Å². The van der Waals surface area contributed by atoms with Crippen LogP contribution in [0.25, 0.3) is 0 Å². The fourth-order valence-electron chi connectivity index (χ4n) is 7.70. The molecule has 0 unspecified atom stereocenters. The monoisotopic (exact) mass is 544 g/mol. The summed E-state index contributed by atoms with van der Waals surface area (Å²) in [5.74, 6) is -4.16. The van der Waals surface area contributed by atoms with E-state index in [-0.39, 0.29) is 24.8 Å². The molecule has 0 aromatic carbocycles. The Morgan fingerprint density at radius 2 is 1.97 bits per heavy atom. The van der Waals surface area contributed by atoms with E-state index in [2.05, 4.69) is 15.9 Å². The van der Waals surface area contributed by atoms with Crippen LogP contribution in [0, 0.1) is 28.6 Å². The van der Waals surface area contributed by atoms with Crippen molar-refractivity contribution < 1.29 is 38.1 Å². The summed E-state index contributed by atoms with van der Waals surface area (Å²) in [5.41, 5.74) is -7.00. The van der Waals surface area contributed by atoms with E-state index >= 15 is 8.78 Å². The van der Waals surface area contributed by atoms with Crippen LogP contribution in [0.3, 0.4) is 0 Å². The Labute approximate surface area is 205 Å². The largest absolute Gasteiger partial charge is 0.450 e. The minimum atomic E-state index is -2.36. The van der Waals surface area contributed by atoms with Crippen molar-refractivity contribution in [2.75, 3.05) is 6.61 Å². The summed E-state index contributed by atoms with van der Waals surface area (Å²) in [6.07, 6.45) is 0.268. The van der Waals surface area contributed by atoms with Crippen LogP contribution in [-0.4, -0.2) is 62.7 Å². The smallest absolute Gasteiger partial charge is 0.306 e. The zero-order valence-electron chi connectivity index (χ0n) is 19.7. The molecule has 4 rings (SSSR count). The quantitative estimate of drug-likeness (QED) is 0.416. The van der Waals surface area contributed by atoms with Crippen molar-refractivity contribution in [3.8, 4) is 0 Å². The number of hydrogen-bond donors (Lipinski definition) is 2. The Morgan fingerprint density at radius 3 is 2.56 bits per heavy atom. The summed E-state index contributed by atoms with van der Waals surface area (Å²) in [6.45, 7) is 5.56. The van der Waals surface area contributed by atoms with Crippen molar-refractivity contribution in [1.82, 2.24) is 0 Å². The van der Waals surface area contributed by atoms with Crippen molar-refractivity contribution in [3.05, 3.63) is 23.8 Å². The van der Waals surface area contributed by atoms with Crippen molar-refractivity contribution in [2.24, 2.45) is 28.6 Å². The number of carbonyl (C=O) groups excluding carboxylic acids is 3. The Hall–Kier alpha value is -1.45. The molecule has 0 amide bonds. The summed E-state index contributed by atoms with van der Waals surface area (Å²) in [7, 11) is 0. The highest BCUT2D eigenvalue weighted by molar-refractivity contribution is 9.09. The standard InChI is InChI=1S/C25H31BrF2O6/c1-5-18(33)34-25(17(32)11-29)12(2)8-14-19-20(26)21(27)15-9-13(30)6-7-22(15,3)24(19,28)16(31)10-23(14,25)4/h6-7,9,12,14,16,19-21,29,31H,5,8,10-11H2,1-4H3/t12-,14-,16-,19+,20-,21-,22-,23-,24+,25+/m0/s1. The molecule has 2 N–H and O–H groups in total. The second kappa shape index (κ2) is 8.03. The zero-order chi connectivity index (χ0) is 25.4. The molecular formula is C25H31BrF2O6. The molecule has 0 bridgehead atoms. The number of ether oxygens (including phenoxy) is 1. The number of allylic oxidation sites excluding steroid dienone is 4. The number of alkyl halides is 3. The molecule has 0 aromatic rings. The SMILES string of the molecule is CCC(=O)O[C@@]1(C(=O)CO)[C@@H](C)C[C@H]2[C@@H]3[C@H](Br)[C@@H](F)C4=CC(=O)C=C[C@]4(C)[C@@]3(F)[C@@H](O)C[C@@]21C. The topological polar surface area (TPSA) is 101 Å². The number of aliphatic hydroxyl groups excluding tert-OH is 2. The maximum absolute atomic E-state index is 17.4. The lowest BCUT2D eigenvalue weighted by Crippen LogP contribution is -2.73. The zero-order valence-corrected chi connectivity index (χ0v) is 21.3. The first-order valence-corrected chi connectivity index (χ1v) is 12.6. The van der Waals surface area contributed by atoms with Gasteiger partial charge in [-0.05, 0) is 43.4 Å². The van der Waals surface area contributed by atoms with E-state index in [1.54, 1.807) is 20.8 Å². The molecule has 0 aromatic heterocycles. The molecule has 9 heteroatoms. The molecule has 0 heterocycles. The van der Waals surface area contributed by atoms with Crippen molar-refractivity contribution in [3.63, 3.8) is 0 Å². The van der Waals surface area contributed by atoms with Crippen LogP contribution in [0.15, 0.2) is 23.8 Å². The molecule has 0 spiro atoms. The van der Waals surface area contributed by atoms with Crippen LogP contribution in [0.1, 0.15) is 47.0 Å². The van der Waals surface area contributed by atoms with Crippen LogP contribution in [0.2, 0.25) is 0 Å². The summed E-state index contributed by atoms with van der Waals surface area (Å²) in [5, 5.41) is 21.3. The maximum atomic E-state index is 17.4. The number of fused-ring (bicyclic) bond motifs is 5. The molecular weight excluding hydrogens is 514 g/mol. The minimum Gasteiger partial charge on any atom is -0.450 e. The third-order valence-corrected chi connectivity index (χ3v) is 10.3. The average molecular weight is 545 g/mol. The predicted molar refractivity (Wildman–Crippen MR) is 122 cm³/mol. The predicted octanol–water partition coefficient (Wildman–Crippen LogP) is 3.18. The van der Waals surface area contributed by atoms with Crippen LogP contribution in [-0.2, 0) is 19.1 Å². The van der Waals surface area contributed by atoms with E-state index in [0.717, 1.165) is 6.08 Å². The lowest BCUT2D eigenvalue weighted by Gasteiger charge is -2.64. The van der Waals surface area contributed by atoms with E-state index in [4.69, 9.17) is 4.74 Å². The molecule has 0 radical (unpaired) electrons. The number of halogens is 3. The van der Waals surface area contributed by atoms with E-state index in [1.165, 1.54) is 19.1 Å². The van der Waals surface area contributed by atoms with E-state index < -0.39 is 81.1 Å². The van der Waals surface area contributed by atoms with Gasteiger partial charge in [0.15, 0.2) is 17.1 Å². The Bertz CT molecular complexity index is 998. The highest BCUT2D eigenvalue weighted by Gasteiger charge is 2.79. The van der Waals surface area contributed by atoms with Crippen molar-refractivity contribution in [1.29, 1.82) is 0 Å². The van der Waals surface area contributed by atoms with Gasteiger partial charge in [-0.3, -0.25) is 14.4 Å². The molecule has 0 saturated heterocycles. The van der Waals surface area contributed by atoms with Gasteiger partial charge < -0.3 is 14.9 Å². The van der Waals surface area contributed by atoms with Crippen LogP contribution in [0.4, 0.5) is 8.78 Å². The summed E-state index contributed by atoms with van der Waals surface area (Å²) >= 11 is 3.36. The Kier molecular flexibility index (Phi) is 6.06.